The molecule has 2 atom stereocenters. The number of hydrogen-bond donors (Lipinski definition) is 2. The number of halogens is 6. The number of aromatic nitrogens is 1. The SMILES string of the molecule is CC(O)C(c1c(F)c(F)nc(C(F)(F)F)c1F)C(C)O.[Fe]. The van der Waals surface area contributed by atoms with Gasteiger partial charge in [-0.2, -0.15) is 17.6 Å². The standard InChI is InChI=1S/C11H11F6NO2.Fe/c1-3(19)5(4(2)20)6-7(12)9(11(15,16)17)18-10(14)8(6)13;/h3-5,19-20H,1-2H3;. The molecule has 1 aromatic rings. The number of nitrogens with zero attached hydrogens (tertiary/aromatic N) is 1. The van der Waals surface area contributed by atoms with E-state index in [0.29, 0.717) is 0 Å². The fraction of sp³-hybridized carbons (Fsp3) is 0.545. The van der Waals surface area contributed by atoms with Crippen molar-refractivity contribution < 1.29 is 53.6 Å². The first kappa shape index (κ1) is 20.2. The third-order valence-electron chi connectivity index (χ3n) is 2.71. The Balaban J connectivity index is 0.00000400. The summed E-state index contributed by atoms with van der Waals surface area (Å²) in [5, 5.41) is 18.7. The fourth-order valence-corrected chi connectivity index (χ4v) is 1.90. The molecule has 0 saturated carbocycles. The Morgan fingerprint density at radius 2 is 1.38 bits per heavy atom. The minimum atomic E-state index is -5.34. The molecule has 10 heteroatoms. The number of hydrogen-bond acceptors (Lipinski definition) is 3. The zero-order valence-electron chi connectivity index (χ0n) is 10.7. The predicted molar refractivity (Wildman–Crippen MR) is 55.2 cm³/mol. The van der Waals surface area contributed by atoms with E-state index in [2.05, 4.69) is 4.98 Å². The Labute approximate surface area is 126 Å². The van der Waals surface area contributed by atoms with Gasteiger partial charge < -0.3 is 10.2 Å². The first-order valence-corrected chi connectivity index (χ1v) is 5.46. The quantitative estimate of drug-likeness (QED) is 0.495. The van der Waals surface area contributed by atoms with Crippen molar-refractivity contribution in [1.82, 2.24) is 4.98 Å². The van der Waals surface area contributed by atoms with Crippen molar-refractivity contribution in [2.75, 3.05) is 0 Å². The third-order valence-corrected chi connectivity index (χ3v) is 2.71. The Kier molecular flexibility index (Phi) is 6.68. The van der Waals surface area contributed by atoms with Crippen molar-refractivity contribution in [2.24, 2.45) is 0 Å². The maximum Gasteiger partial charge on any atom is 0.436 e. The van der Waals surface area contributed by atoms with E-state index >= 15 is 0 Å². The van der Waals surface area contributed by atoms with E-state index < -0.39 is 53.1 Å². The van der Waals surface area contributed by atoms with Crippen LogP contribution >= 0.6 is 0 Å². The summed E-state index contributed by atoms with van der Waals surface area (Å²) in [6.07, 6.45) is -8.56. The monoisotopic (exact) mass is 359 g/mol. The molecule has 0 amide bonds. The van der Waals surface area contributed by atoms with Crippen LogP contribution in [0.4, 0.5) is 26.3 Å². The normalized spacial score (nSPS) is 16.1. The largest absolute Gasteiger partial charge is 0.436 e. The van der Waals surface area contributed by atoms with Crippen molar-refractivity contribution in [2.45, 2.75) is 38.1 Å². The van der Waals surface area contributed by atoms with Crippen molar-refractivity contribution in [3.05, 3.63) is 28.8 Å². The minimum Gasteiger partial charge on any atom is -0.393 e. The summed E-state index contributed by atoms with van der Waals surface area (Å²) in [6.45, 7) is 2.00. The molecule has 0 aliphatic heterocycles. The molecule has 21 heavy (non-hydrogen) atoms. The van der Waals surface area contributed by atoms with Crippen molar-refractivity contribution >= 4 is 0 Å². The van der Waals surface area contributed by atoms with Gasteiger partial charge in [-0.05, 0) is 13.8 Å². The molecule has 2 N–H and O–H groups in total. The number of aliphatic hydroxyl groups excluding tert-OH is 2. The Hall–Kier alpha value is -0.831. The Bertz CT molecular complexity index is 498. The maximum atomic E-state index is 13.8. The van der Waals surface area contributed by atoms with Gasteiger partial charge in [-0.15, -0.1) is 0 Å². The molecule has 0 aliphatic carbocycles. The van der Waals surface area contributed by atoms with Gasteiger partial charge in [0.25, 0.3) is 0 Å². The van der Waals surface area contributed by atoms with E-state index in [0.717, 1.165) is 13.8 Å². The van der Waals surface area contributed by atoms with E-state index in [1.807, 2.05) is 0 Å². The zero-order chi connectivity index (χ0) is 15.8. The van der Waals surface area contributed by atoms with Crippen molar-refractivity contribution in [3.8, 4) is 0 Å². The van der Waals surface area contributed by atoms with Crippen LogP contribution < -0.4 is 0 Å². The van der Waals surface area contributed by atoms with E-state index in [4.69, 9.17) is 0 Å². The molecule has 1 aromatic heterocycles. The Morgan fingerprint density at radius 3 is 1.71 bits per heavy atom. The van der Waals surface area contributed by atoms with Gasteiger partial charge in [-0.25, -0.2) is 13.8 Å². The molecule has 2 unspecified atom stereocenters. The van der Waals surface area contributed by atoms with Gasteiger partial charge in [-0.1, -0.05) is 0 Å². The van der Waals surface area contributed by atoms with Crippen LogP contribution in [0.2, 0.25) is 0 Å². The summed E-state index contributed by atoms with van der Waals surface area (Å²) >= 11 is 0. The summed E-state index contributed by atoms with van der Waals surface area (Å²) in [4.78, 5) is 2.20. The van der Waals surface area contributed by atoms with Crippen LogP contribution in [0.3, 0.4) is 0 Å². The minimum absolute atomic E-state index is 0. The van der Waals surface area contributed by atoms with Crippen LogP contribution in [0.1, 0.15) is 31.0 Å². The molecule has 3 nitrogen and oxygen atoms in total. The van der Waals surface area contributed by atoms with Crippen molar-refractivity contribution in [3.63, 3.8) is 0 Å². The molecule has 0 spiro atoms. The first-order chi connectivity index (χ1) is 8.98. The van der Waals surface area contributed by atoms with Crippen LogP contribution in [0.5, 0.6) is 0 Å². The third kappa shape index (κ3) is 4.09. The second kappa shape index (κ2) is 6.95. The molecule has 0 fully saturated rings. The average Bonchev–Trinajstić information content (AvgIpc) is 2.26. The molecule has 0 aliphatic rings. The average molecular weight is 359 g/mol. The van der Waals surface area contributed by atoms with Gasteiger partial charge in [0.15, 0.2) is 17.3 Å². The molecular weight excluding hydrogens is 348 g/mol. The molecule has 0 saturated heterocycles. The van der Waals surface area contributed by atoms with Gasteiger partial charge in [-0.3, -0.25) is 0 Å². The number of pyridine rings is 1. The summed E-state index contributed by atoms with van der Waals surface area (Å²) < 4.78 is 77.9. The van der Waals surface area contributed by atoms with Gasteiger partial charge in [0.05, 0.1) is 12.2 Å². The van der Waals surface area contributed by atoms with Crippen LogP contribution in [0.15, 0.2) is 0 Å². The molecule has 122 valence electrons. The summed E-state index contributed by atoms with van der Waals surface area (Å²) in [6, 6.07) is 0. The number of alkyl halides is 3. The predicted octanol–water partition coefficient (Wildman–Crippen LogP) is 2.36. The van der Waals surface area contributed by atoms with Crippen LogP contribution in [-0.2, 0) is 23.2 Å². The fourth-order valence-electron chi connectivity index (χ4n) is 1.90. The smallest absolute Gasteiger partial charge is 0.393 e. The van der Waals surface area contributed by atoms with E-state index in [9.17, 15) is 36.6 Å². The molecule has 0 bridgehead atoms. The molecular formula is C11H11F6FeNO2. The Morgan fingerprint density at radius 1 is 0.952 bits per heavy atom. The molecule has 1 heterocycles. The molecule has 1 rings (SSSR count). The second-order valence-corrected chi connectivity index (χ2v) is 4.30. The van der Waals surface area contributed by atoms with Crippen LogP contribution in [-0.4, -0.2) is 27.4 Å². The van der Waals surface area contributed by atoms with Crippen LogP contribution in [0, 0.1) is 17.6 Å². The van der Waals surface area contributed by atoms with Gasteiger partial charge in [0.1, 0.15) is 0 Å². The molecule has 0 radical (unpaired) electrons. The van der Waals surface area contributed by atoms with E-state index in [-0.39, 0.29) is 17.1 Å². The van der Waals surface area contributed by atoms with E-state index in [1.165, 1.54) is 0 Å². The second-order valence-electron chi connectivity index (χ2n) is 4.30. The zero-order valence-corrected chi connectivity index (χ0v) is 11.8. The van der Waals surface area contributed by atoms with Crippen LogP contribution in [0.25, 0.3) is 0 Å². The van der Waals surface area contributed by atoms with Gasteiger partial charge >= 0.3 is 6.18 Å². The van der Waals surface area contributed by atoms with Gasteiger partial charge in [0, 0.05) is 28.6 Å². The first-order valence-electron chi connectivity index (χ1n) is 5.46. The van der Waals surface area contributed by atoms with E-state index in [1.54, 1.807) is 0 Å². The number of rotatable bonds is 3. The maximum absolute atomic E-state index is 13.8. The summed E-state index contributed by atoms with van der Waals surface area (Å²) in [5.41, 5.74) is -3.62. The summed E-state index contributed by atoms with van der Waals surface area (Å²) in [5.74, 6) is -8.04. The number of aliphatic hydroxyl groups is 2. The van der Waals surface area contributed by atoms with Gasteiger partial charge in [0.2, 0.25) is 5.95 Å². The van der Waals surface area contributed by atoms with Crippen molar-refractivity contribution in [1.29, 1.82) is 0 Å². The summed E-state index contributed by atoms with van der Waals surface area (Å²) in [7, 11) is 0. The topological polar surface area (TPSA) is 53.4 Å². The molecule has 0 aromatic carbocycles.